The van der Waals surface area contributed by atoms with Crippen molar-refractivity contribution in [2.45, 2.75) is 32.8 Å². The first-order valence-electron chi connectivity index (χ1n) is 5.40. The molecule has 3 nitrogen and oxygen atoms in total. The molecule has 0 aliphatic heterocycles. The summed E-state index contributed by atoms with van der Waals surface area (Å²) in [5, 5.41) is 10.2. The number of pyridine rings is 1. The summed E-state index contributed by atoms with van der Waals surface area (Å²) in [5.74, 6) is 0.943. The summed E-state index contributed by atoms with van der Waals surface area (Å²) < 4.78 is 5.18. The second kappa shape index (κ2) is 5.71. The van der Waals surface area contributed by atoms with Crippen LogP contribution in [0.15, 0.2) is 18.5 Å². The Balaban J connectivity index is 2.93. The van der Waals surface area contributed by atoms with Crippen molar-refractivity contribution in [3.63, 3.8) is 0 Å². The smallest absolute Gasteiger partial charge is 0.142 e. The SMILES string of the molecule is CCC(CC)C(O)c1ccncc1OC. The molecule has 0 aliphatic carbocycles. The zero-order chi connectivity index (χ0) is 11.3. The third kappa shape index (κ3) is 2.69. The van der Waals surface area contributed by atoms with Crippen LogP contribution in [0.25, 0.3) is 0 Å². The van der Waals surface area contributed by atoms with E-state index in [4.69, 9.17) is 4.74 Å². The number of hydrogen-bond acceptors (Lipinski definition) is 3. The zero-order valence-corrected chi connectivity index (χ0v) is 9.60. The Labute approximate surface area is 91.1 Å². The number of nitrogens with zero attached hydrogens (tertiary/aromatic N) is 1. The molecule has 3 heteroatoms. The lowest BCUT2D eigenvalue weighted by molar-refractivity contribution is 0.100. The van der Waals surface area contributed by atoms with Crippen molar-refractivity contribution < 1.29 is 9.84 Å². The van der Waals surface area contributed by atoms with Gasteiger partial charge in [-0.05, 0) is 12.0 Å². The lowest BCUT2D eigenvalue weighted by Crippen LogP contribution is -2.12. The Bertz CT molecular complexity index is 297. The number of hydrogen-bond donors (Lipinski definition) is 1. The van der Waals surface area contributed by atoms with E-state index in [0.29, 0.717) is 5.75 Å². The first-order chi connectivity index (χ1) is 7.24. The summed E-state index contributed by atoms with van der Waals surface area (Å²) in [4.78, 5) is 3.97. The molecule has 1 rings (SSSR count). The predicted molar refractivity (Wildman–Crippen MR) is 59.8 cm³/mol. The molecule has 0 saturated carbocycles. The second-order valence-electron chi connectivity index (χ2n) is 3.64. The third-order valence-electron chi connectivity index (χ3n) is 2.85. The van der Waals surface area contributed by atoms with Gasteiger partial charge in [0, 0.05) is 11.8 Å². The van der Waals surface area contributed by atoms with Crippen molar-refractivity contribution in [1.29, 1.82) is 0 Å². The van der Waals surface area contributed by atoms with Crippen LogP contribution in [0.3, 0.4) is 0 Å². The lowest BCUT2D eigenvalue weighted by Gasteiger charge is -2.21. The molecule has 0 aliphatic rings. The van der Waals surface area contributed by atoms with Crippen molar-refractivity contribution in [1.82, 2.24) is 4.98 Å². The van der Waals surface area contributed by atoms with Crippen molar-refractivity contribution in [2.24, 2.45) is 5.92 Å². The number of rotatable bonds is 5. The van der Waals surface area contributed by atoms with Crippen LogP contribution >= 0.6 is 0 Å². The molecule has 0 radical (unpaired) electrons. The van der Waals surface area contributed by atoms with Gasteiger partial charge in [-0.25, -0.2) is 0 Å². The maximum absolute atomic E-state index is 10.2. The highest BCUT2D eigenvalue weighted by molar-refractivity contribution is 5.32. The maximum atomic E-state index is 10.2. The number of aliphatic hydroxyl groups excluding tert-OH is 1. The van der Waals surface area contributed by atoms with Gasteiger partial charge in [-0.1, -0.05) is 26.7 Å². The van der Waals surface area contributed by atoms with Gasteiger partial charge in [-0.2, -0.15) is 0 Å². The second-order valence-corrected chi connectivity index (χ2v) is 3.64. The molecule has 0 aromatic carbocycles. The fourth-order valence-electron chi connectivity index (χ4n) is 1.79. The average molecular weight is 209 g/mol. The van der Waals surface area contributed by atoms with E-state index >= 15 is 0 Å². The minimum Gasteiger partial charge on any atom is -0.495 e. The minimum absolute atomic E-state index is 0.279. The fourth-order valence-corrected chi connectivity index (χ4v) is 1.79. The van der Waals surface area contributed by atoms with Crippen LogP contribution in [0, 0.1) is 5.92 Å². The predicted octanol–water partition coefficient (Wildman–Crippen LogP) is 2.56. The number of aliphatic hydroxyl groups is 1. The van der Waals surface area contributed by atoms with Crippen LogP contribution in [0.5, 0.6) is 5.75 Å². The van der Waals surface area contributed by atoms with Gasteiger partial charge in [0.2, 0.25) is 0 Å². The zero-order valence-electron chi connectivity index (χ0n) is 9.60. The van der Waals surface area contributed by atoms with E-state index in [1.807, 2.05) is 6.07 Å². The fraction of sp³-hybridized carbons (Fsp3) is 0.583. The number of ether oxygens (including phenoxy) is 1. The van der Waals surface area contributed by atoms with Gasteiger partial charge < -0.3 is 9.84 Å². The lowest BCUT2D eigenvalue weighted by atomic mass is 9.91. The Hall–Kier alpha value is -1.09. The molecule has 84 valence electrons. The molecule has 1 unspecified atom stereocenters. The molecule has 15 heavy (non-hydrogen) atoms. The Morgan fingerprint density at radius 3 is 2.60 bits per heavy atom. The molecule has 0 amide bonds. The quantitative estimate of drug-likeness (QED) is 0.810. The van der Waals surface area contributed by atoms with E-state index in [1.165, 1.54) is 0 Å². The molecule has 1 heterocycles. The van der Waals surface area contributed by atoms with Crippen molar-refractivity contribution >= 4 is 0 Å². The van der Waals surface area contributed by atoms with E-state index in [0.717, 1.165) is 18.4 Å². The van der Waals surface area contributed by atoms with Crippen LogP contribution in [-0.2, 0) is 0 Å². The molecule has 0 bridgehead atoms. The van der Waals surface area contributed by atoms with Crippen LogP contribution in [-0.4, -0.2) is 17.2 Å². The molecule has 1 N–H and O–H groups in total. The normalized spacial score (nSPS) is 12.9. The molecule has 0 spiro atoms. The highest BCUT2D eigenvalue weighted by Crippen LogP contribution is 2.32. The van der Waals surface area contributed by atoms with E-state index in [2.05, 4.69) is 18.8 Å². The molecular formula is C12H19NO2. The Kier molecular flexibility index (Phi) is 4.56. The standard InChI is InChI=1S/C12H19NO2/c1-4-9(5-2)12(14)10-6-7-13-8-11(10)15-3/h6-9,12,14H,4-5H2,1-3H3. The van der Waals surface area contributed by atoms with Gasteiger partial charge in [0.15, 0.2) is 0 Å². The van der Waals surface area contributed by atoms with E-state index in [-0.39, 0.29) is 5.92 Å². The monoisotopic (exact) mass is 209 g/mol. The largest absolute Gasteiger partial charge is 0.495 e. The summed E-state index contributed by atoms with van der Waals surface area (Å²) in [7, 11) is 1.60. The minimum atomic E-state index is -0.460. The number of aromatic nitrogens is 1. The van der Waals surface area contributed by atoms with Gasteiger partial charge >= 0.3 is 0 Å². The average Bonchev–Trinajstić information content (AvgIpc) is 2.30. The van der Waals surface area contributed by atoms with E-state index in [9.17, 15) is 5.11 Å². The van der Waals surface area contributed by atoms with E-state index < -0.39 is 6.10 Å². The summed E-state index contributed by atoms with van der Waals surface area (Å²) in [6.45, 7) is 4.18. The topological polar surface area (TPSA) is 42.4 Å². The maximum Gasteiger partial charge on any atom is 0.142 e. The summed E-state index contributed by atoms with van der Waals surface area (Å²) in [5.41, 5.74) is 0.834. The van der Waals surface area contributed by atoms with Crippen molar-refractivity contribution in [3.8, 4) is 5.75 Å². The van der Waals surface area contributed by atoms with E-state index in [1.54, 1.807) is 19.5 Å². The molecule has 1 aromatic rings. The number of methoxy groups -OCH3 is 1. The highest BCUT2D eigenvalue weighted by Gasteiger charge is 2.20. The van der Waals surface area contributed by atoms with Crippen LogP contribution in [0.1, 0.15) is 38.4 Å². The van der Waals surface area contributed by atoms with Crippen LogP contribution < -0.4 is 4.74 Å². The van der Waals surface area contributed by atoms with Crippen molar-refractivity contribution in [2.75, 3.05) is 7.11 Å². The Morgan fingerprint density at radius 2 is 2.07 bits per heavy atom. The summed E-state index contributed by atoms with van der Waals surface area (Å²) in [6.07, 6.45) is 4.79. The molecule has 0 saturated heterocycles. The summed E-state index contributed by atoms with van der Waals surface area (Å²) >= 11 is 0. The molecular weight excluding hydrogens is 190 g/mol. The Morgan fingerprint density at radius 1 is 1.40 bits per heavy atom. The van der Waals surface area contributed by atoms with Crippen LogP contribution in [0.2, 0.25) is 0 Å². The van der Waals surface area contributed by atoms with Crippen LogP contribution in [0.4, 0.5) is 0 Å². The molecule has 1 atom stereocenters. The van der Waals surface area contributed by atoms with Gasteiger partial charge in [0.05, 0.1) is 19.4 Å². The highest BCUT2D eigenvalue weighted by atomic mass is 16.5. The first kappa shape index (κ1) is 12.0. The molecule has 0 fully saturated rings. The third-order valence-corrected chi connectivity index (χ3v) is 2.85. The van der Waals surface area contributed by atoms with Crippen molar-refractivity contribution in [3.05, 3.63) is 24.0 Å². The van der Waals surface area contributed by atoms with Gasteiger partial charge in [0.1, 0.15) is 5.75 Å². The molecule has 1 aromatic heterocycles. The first-order valence-corrected chi connectivity index (χ1v) is 5.40. The van der Waals surface area contributed by atoms with Gasteiger partial charge in [-0.3, -0.25) is 4.98 Å². The summed E-state index contributed by atoms with van der Waals surface area (Å²) in [6, 6.07) is 1.82. The van der Waals surface area contributed by atoms with Gasteiger partial charge in [0.25, 0.3) is 0 Å². The van der Waals surface area contributed by atoms with Gasteiger partial charge in [-0.15, -0.1) is 0 Å².